The number of para-hydroxylation sites is 1. The molecule has 158 valence electrons. The zero-order valence-electron chi connectivity index (χ0n) is 16.4. The lowest BCUT2D eigenvalue weighted by molar-refractivity contribution is 0.0837. The fourth-order valence-corrected chi connectivity index (χ4v) is 2.96. The molecule has 0 fully saturated rings. The molecule has 4 rings (SSSR count). The smallest absolute Gasteiger partial charge is 0.270 e. The summed E-state index contributed by atoms with van der Waals surface area (Å²) in [4.78, 5) is 12.8. The lowest BCUT2D eigenvalue weighted by atomic mass is 10.2. The van der Waals surface area contributed by atoms with Gasteiger partial charge in [-0.25, -0.2) is 9.07 Å². The fourth-order valence-electron chi connectivity index (χ4n) is 2.96. The first-order valence-electron chi connectivity index (χ1n) is 9.64. The molecule has 1 amide bonds. The number of nitrogens with one attached hydrogen (secondary N) is 1. The van der Waals surface area contributed by atoms with Crippen LogP contribution in [0.5, 0.6) is 5.75 Å². The minimum absolute atomic E-state index is 0.0514. The third-order valence-corrected chi connectivity index (χ3v) is 4.45. The lowest BCUT2D eigenvalue weighted by Gasteiger charge is -2.14. The van der Waals surface area contributed by atoms with Gasteiger partial charge in [-0.05, 0) is 36.4 Å². The Morgan fingerprint density at radius 2 is 1.97 bits per heavy atom. The van der Waals surface area contributed by atoms with Gasteiger partial charge in [-0.2, -0.15) is 5.10 Å². The van der Waals surface area contributed by atoms with E-state index in [1.165, 1.54) is 29.1 Å². The predicted octanol–water partition coefficient (Wildman–Crippen LogP) is 3.44. The number of hydrogen-bond donors (Lipinski definition) is 2. The molecule has 0 saturated heterocycles. The van der Waals surface area contributed by atoms with Gasteiger partial charge in [0.15, 0.2) is 5.76 Å². The molecule has 2 N–H and O–H groups in total. The van der Waals surface area contributed by atoms with E-state index in [1.807, 2.05) is 30.3 Å². The number of aliphatic hydroxyl groups excluding tert-OH is 1. The molecule has 0 aliphatic rings. The number of hydrogen-bond acceptors (Lipinski definition) is 5. The summed E-state index contributed by atoms with van der Waals surface area (Å²) in [7, 11) is 0. The zero-order chi connectivity index (χ0) is 21.6. The van der Waals surface area contributed by atoms with Crippen molar-refractivity contribution in [3.05, 3.63) is 90.6 Å². The van der Waals surface area contributed by atoms with Gasteiger partial charge in [-0.1, -0.05) is 24.3 Å². The van der Waals surface area contributed by atoms with Crippen LogP contribution in [0.15, 0.2) is 83.5 Å². The maximum atomic E-state index is 13.2. The van der Waals surface area contributed by atoms with Crippen molar-refractivity contribution in [3.63, 3.8) is 0 Å². The lowest BCUT2D eigenvalue weighted by Crippen LogP contribution is -2.36. The molecule has 0 aliphatic heterocycles. The number of amides is 1. The van der Waals surface area contributed by atoms with E-state index in [-0.39, 0.29) is 18.8 Å². The number of ether oxygens (including phenoxy) is 1. The van der Waals surface area contributed by atoms with Crippen molar-refractivity contribution in [2.75, 3.05) is 13.2 Å². The van der Waals surface area contributed by atoms with Crippen molar-refractivity contribution >= 4 is 5.91 Å². The van der Waals surface area contributed by atoms with Crippen LogP contribution < -0.4 is 10.1 Å². The molecule has 0 spiro atoms. The molecule has 31 heavy (non-hydrogen) atoms. The average molecular weight is 421 g/mol. The Hall–Kier alpha value is -3.91. The van der Waals surface area contributed by atoms with Gasteiger partial charge in [0, 0.05) is 18.7 Å². The number of nitrogens with zero attached hydrogens (tertiary/aromatic N) is 2. The topological polar surface area (TPSA) is 89.5 Å². The first-order valence-corrected chi connectivity index (χ1v) is 9.64. The van der Waals surface area contributed by atoms with Gasteiger partial charge >= 0.3 is 0 Å². The van der Waals surface area contributed by atoms with Gasteiger partial charge in [0.2, 0.25) is 0 Å². The third-order valence-electron chi connectivity index (χ3n) is 4.45. The van der Waals surface area contributed by atoms with Crippen LogP contribution in [0.1, 0.15) is 10.5 Å². The maximum Gasteiger partial charge on any atom is 0.270 e. The number of aliphatic hydroxyl groups is 1. The summed E-state index contributed by atoms with van der Waals surface area (Å²) in [6.07, 6.45) is 0.552. The minimum atomic E-state index is -0.982. The molecule has 0 aliphatic carbocycles. The molecule has 2 aromatic carbocycles. The minimum Gasteiger partial charge on any atom is -0.491 e. The van der Waals surface area contributed by atoms with Gasteiger partial charge in [0.05, 0.1) is 12.0 Å². The van der Waals surface area contributed by atoms with E-state index in [2.05, 4.69) is 10.4 Å². The Kier molecular flexibility index (Phi) is 6.09. The van der Waals surface area contributed by atoms with Crippen LogP contribution in [0, 0.1) is 5.82 Å². The Morgan fingerprint density at radius 3 is 2.71 bits per heavy atom. The molecule has 0 unspecified atom stereocenters. The van der Waals surface area contributed by atoms with Crippen LogP contribution in [-0.2, 0) is 0 Å². The van der Waals surface area contributed by atoms with Crippen molar-refractivity contribution in [3.8, 4) is 22.9 Å². The molecule has 4 aromatic rings. The molecule has 1 atom stereocenters. The van der Waals surface area contributed by atoms with E-state index in [9.17, 15) is 14.3 Å². The van der Waals surface area contributed by atoms with E-state index in [1.54, 1.807) is 24.3 Å². The highest BCUT2D eigenvalue weighted by Gasteiger charge is 2.19. The summed E-state index contributed by atoms with van der Waals surface area (Å²) in [5.41, 5.74) is 1.50. The molecule has 2 heterocycles. The second kappa shape index (κ2) is 9.27. The normalized spacial score (nSPS) is 11.8. The highest BCUT2D eigenvalue weighted by atomic mass is 19.1. The highest BCUT2D eigenvalue weighted by molar-refractivity contribution is 5.94. The van der Waals surface area contributed by atoms with Crippen molar-refractivity contribution in [1.82, 2.24) is 15.1 Å². The van der Waals surface area contributed by atoms with Gasteiger partial charge < -0.3 is 19.6 Å². The van der Waals surface area contributed by atoms with Crippen molar-refractivity contribution < 1.29 is 23.4 Å². The summed E-state index contributed by atoms with van der Waals surface area (Å²) in [5, 5.41) is 17.3. The number of benzene rings is 2. The SMILES string of the molecule is O=C(NC[C@@H](O)COc1cccc(F)c1)c1cc(-c2ccco2)nn1-c1ccccc1. The van der Waals surface area contributed by atoms with Crippen LogP contribution in [0.25, 0.3) is 17.1 Å². The largest absolute Gasteiger partial charge is 0.491 e. The molecule has 0 saturated carbocycles. The summed E-state index contributed by atoms with van der Waals surface area (Å²) in [6.45, 7) is -0.149. The highest BCUT2D eigenvalue weighted by Crippen LogP contribution is 2.22. The summed E-state index contributed by atoms with van der Waals surface area (Å²) < 4.78 is 25.5. The van der Waals surface area contributed by atoms with Crippen molar-refractivity contribution in [2.24, 2.45) is 0 Å². The Morgan fingerprint density at radius 1 is 1.13 bits per heavy atom. The van der Waals surface area contributed by atoms with Crippen molar-refractivity contribution in [1.29, 1.82) is 0 Å². The van der Waals surface area contributed by atoms with E-state index in [4.69, 9.17) is 9.15 Å². The number of rotatable bonds is 8. The quantitative estimate of drug-likeness (QED) is 0.455. The second-order valence-corrected chi connectivity index (χ2v) is 6.77. The predicted molar refractivity (Wildman–Crippen MR) is 112 cm³/mol. The van der Waals surface area contributed by atoms with Gasteiger partial charge in [-0.15, -0.1) is 0 Å². The first-order chi connectivity index (χ1) is 15.1. The number of aromatic nitrogens is 2. The monoisotopic (exact) mass is 421 g/mol. The van der Waals surface area contributed by atoms with E-state index in [0.717, 1.165) is 0 Å². The van der Waals surface area contributed by atoms with Crippen molar-refractivity contribution in [2.45, 2.75) is 6.10 Å². The summed E-state index contributed by atoms with van der Waals surface area (Å²) >= 11 is 0. The molecule has 8 heteroatoms. The van der Waals surface area contributed by atoms with Crippen LogP contribution >= 0.6 is 0 Å². The van der Waals surface area contributed by atoms with E-state index >= 15 is 0 Å². The molecular formula is C23H20FN3O4. The number of carbonyl (C=O) groups excluding carboxylic acids is 1. The average Bonchev–Trinajstić information content (AvgIpc) is 3.47. The van der Waals surface area contributed by atoms with Crippen LogP contribution in [0.3, 0.4) is 0 Å². The van der Waals surface area contributed by atoms with E-state index in [0.29, 0.717) is 22.9 Å². The summed E-state index contributed by atoms with van der Waals surface area (Å²) in [5.74, 6) is -0.0105. The Labute approximate surface area is 177 Å². The number of furan rings is 1. The first kappa shape index (κ1) is 20.4. The van der Waals surface area contributed by atoms with Gasteiger partial charge in [0.1, 0.15) is 35.7 Å². The molecule has 0 radical (unpaired) electrons. The molecule has 7 nitrogen and oxygen atoms in total. The van der Waals surface area contributed by atoms with Crippen LogP contribution in [0.2, 0.25) is 0 Å². The van der Waals surface area contributed by atoms with E-state index < -0.39 is 17.8 Å². The number of carbonyl (C=O) groups is 1. The zero-order valence-corrected chi connectivity index (χ0v) is 16.4. The summed E-state index contributed by atoms with van der Waals surface area (Å²) in [6, 6.07) is 20.0. The second-order valence-electron chi connectivity index (χ2n) is 6.77. The van der Waals surface area contributed by atoms with Gasteiger partial charge in [0.25, 0.3) is 5.91 Å². The molecule has 0 bridgehead atoms. The Balaban J connectivity index is 1.45. The van der Waals surface area contributed by atoms with Crippen LogP contribution in [0.4, 0.5) is 4.39 Å². The number of halogens is 1. The third kappa shape index (κ3) is 4.99. The standard InChI is InChI=1S/C23H20FN3O4/c24-16-6-4-9-19(12-16)31-15-18(28)14-25-23(29)21-13-20(22-10-5-11-30-22)26-27(21)17-7-2-1-3-8-17/h1-13,18,28H,14-15H2,(H,25,29)/t18-/m1/s1. The fraction of sp³-hybridized carbons (Fsp3) is 0.130. The molecular weight excluding hydrogens is 401 g/mol. The Bertz CT molecular complexity index is 1140. The maximum absolute atomic E-state index is 13.2. The molecule has 2 aromatic heterocycles. The van der Waals surface area contributed by atoms with Gasteiger partial charge in [-0.3, -0.25) is 4.79 Å². The van der Waals surface area contributed by atoms with Crippen LogP contribution in [-0.4, -0.2) is 40.0 Å².